The summed E-state index contributed by atoms with van der Waals surface area (Å²) in [4.78, 5) is 26.6. The van der Waals surface area contributed by atoms with Crippen molar-refractivity contribution in [3.63, 3.8) is 0 Å². The van der Waals surface area contributed by atoms with Gasteiger partial charge in [-0.2, -0.15) is 0 Å². The zero-order valence-electron chi connectivity index (χ0n) is 13.9. The normalized spacial score (nSPS) is 21.4. The average Bonchev–Trinajstić information content (AvgIpc) is 3.01. The van der Waals surface area contributed by atoms with Crippen molar-refractivity contribution < 1.29 is 9.90 Å². The van der Waals surface area contributed by atoms with Gasteiger partial charge in [0.25, 0.3) is 5.56 Å². The van der Waals surface area contributed by atoms with Crippen LogP contribution in [0.2, 0.25) is 0 Å². The van der Waals surface area contributed by atoms with Crippen molar-refractivity contribution in [2.75, 3.05) is 13.1 Å². The van der Waals surface area contributed by atoms with Gasteiger partial charge in [-0.3, -0.25) is 9.69 Å². The van der Waals surface area contributed by atoms with E-state index in [-0.39, 0.29) is 16.7 Å². The van der Waals surface area contributed by atoms with Crippen LogP contribution in [0.15, 0.2) is 17.1 Å². The Labute approximate surface area is 136 Å². The molecule has 1 saturated carbocycles. The molecule has 2 fully saturated rings. The molecule has 5 nitrogen and oxygen atoms in total. The minimum Gasteiger partial charge on any atom is -0.477 e. The number of carboxylic acids is 1. The van der Waals surface area contributed by atoms with Gasteiger partial charge in [-0.25, -0.2) is 4.79 Å². The number of rotatable bonds is 4. The molecule has 23 heavy (non-hydrogen) atoms. The number of likely N-dealkylation sites (tertiary alicyclic amines) is 1. The van der Waals surface area contributed by atoms with Crippen LogP contribution in [0.4, 0.5) is 0 Å². The molecule has 2 heterocycles. The molecule has 1 aromatic rings. The van der Waals surface area contributed by atoms with Crippen LogP contribution < -0.4 is 5.56 Å². The van der Waals surface area contributed by atoms with Crippen LogP contribution >= 0.6 is 0 Å². The number of aromatic carboxylic acids is 1. The van der Waals surface area contributed by atoms with Crippen LogP contribution in [-0.2, 0) is 6.54 Å². The largest absolute Gasteiger partial charge is 0.477 e. The fraction of sp³-hybridized carbons (Fsp3) is 0.667. The van der Waals surface area contributed by atoms with E-state index in [2.05, 4.69) is 4.90 Å². The fourth-order valence-electron chi connectivity index (χ4n) is 4.34. The summed E-state index contributed by atoms with van der Waals surface area (Å²) in [5.41, 5.74) is 0.132. The van der Waals surface area contributed by atoms with Crippen molar-refractivity contribution in [2.45, 2.75) is 64.0 Å². The number of carboxylic acid groups (broad SMARTS) is 1. The van der Waals surface area contributed by atoms with E-state index in [1.807, 2.05) is 0 Å². The molecule has 0 unspecified atom stereocenters. The molecule has 1 aromatic heterocycles. The van der Waals surface area contributed by atoms with Crippen molar-refractivity contribution in [1.29, 1.82) is 0 Å². The summed E-state index contributed by atoms with van der Waals surface area (Å²) in [6.07, 6.45) is 10.1. The Morgan fingerprint density at radius 1 is 1.17 bits per heavy atom. The van der Waals surface area contributed by atoms with E-state index in [9.17, 15) is 14.7 Å². The van der Waals surface area contributed by atoms with Crippen LogP contribution in [0.5, 0.6) is 0 Å². The smallest absolute Gasteiger partial charge is 0.341 e. The first-order valence-electron chi connectivity index (χ1n) is 8.72. The summed E-state index contributed by atoms with van der Waals surface area (Å²) >= 11 is 0. The predicted molar refractivity (Wildman–Crippen MR) is 89.0 cm³/mol. The Bertz CT molecular complexity index is 638. The van der Waals surface area contributed by atoms with Gasteiger partial charge in [0, 0.05) is 18.3 Å². The monoisotopic (exact) mass is 318 g/mol. The molecule has 1 N–H and O–H groups in total. The van der Waals surface area contributed by atoms with Crippen LogP contribution in [-0.4, -0.2) is 39.2 Å². The third-order valence-electron chi connectivity index (χ3n) is 5.61. The number of aryl methyl sites for hydroxylation is 1. The maximum Gasteiger partial charge on any atom is 0.341 e. The van der Waals surface area contributed by atoms with Gasteiger partial charge in [0.1, 0.15) is 5.56 Å². The maximum atomic E-state index is 12.6. The summed E-state index contributed by atoms with van der Waals surface area (Å²) in [5, 5.41) is 9.32. The van der Waals surface area contributed by atoms with E-state index in [1.54, 1.807) is 23.8 Å². The summed E-state index contributed by atoms with van der Waals surface area (Å²) in [7, 11) is 0. The molecule has 0 spiro atoms. The molecule has 2 aliphatic rings. The fourth-order valence-corrected chi connectivity index (χ4v) is 4.34. The lowest BCUT2D eigenvalue weighted by Gasteiger charge is -2.44. The Balaban J connectivity index is 1.94. The maximum absolute atomic E-state index is 12.6. The van der Waals surface area contributed by atoms with Gasteiger partial charge in [0.15, 0.2) is 0 Å². The molecule has 3 rings (SSSR count). The highest BCUT2D eigenvalue weighted by Crippen LogP contribution is 2.38. The lowest BCUT2D eigenvalue weighted by atomic mass is 9.92. The number of piperidine rings is 1. The minimum atomic E-state index is -1.12. The van der Waals surface area contributed by atoms with E-state index in [1.165, 1.54) is 32.1 Å². The first kappa shape index (κ1) is 16.2. The minimum absolute atomic E-state index is 0.0370. The summed E-state index contributed by atoms with van der Waals surface area (Å²) in [6.45, 7) is 4.51. The number of pyridine rings is 1. The lowest BCUT2D eigenvalue weighted by molar-refractivity contribution is 0.0542. The Morgan fingerprint density at radius 3 is 2.43 bits per heavy atom. The quantitative estimate of drug-likeness (QED) is 0.927. The lowest BCUT2D eigenvalue weighted by Crippen LogP contribution is -2.53. The van der Waals surface area contributed by atoms with Crippen LogP contribution in [0, 0.1) is 6.92 Å². The van der Waals surface area contributed by atoms with E-state index in [0.29, 0.717) is 12.1 Å². The second-order valence-corrected chi connectivity index (χ2v) is 7.09. The van der Waals surface area contributed by atoms with E-state index in [4.69, 9.17) is 0 Å². The highest BCUT2D eigenvalue weighted by atomic mass is 16.4. The van der Waals surface area contributed by atoms with E-state index >= 15 is 0 Å². The number of hydrogen-bond donors (Lipinski definition) is 1. The van der Waals surface area contributed by atoms with Gasteiger partial charge in [0.05, 0.1) is 0 Å². The third-order valence-corrected chi connectivity index (χ3v) is 5.61. The van der Waals surface area contributed by atoms with Gasteiger partial charge in [-0.1, -0.05) is 19.3 Å². The highest BCUT2D eigenvalue weighted by molar-refractivity contribution is 5.88. The summed E-state index contributed by atoms with van der Waals surface area (Å²) < 4.78 is 1.64. The topological polar surface area (TPSA) is 62.5 Å². The van der Waals surface area contributed by atoms with Crippen LogP contribution in [0.1, 0.15) is 60.9 Å². The van der Waals surface area contributed by atoms with Gasteiger partial charge in [-0.05, 0) is 57.3 Å². The Hall–Kier alpha value is -1.62. The molecule has 0 atom stereocenters. The predicted octanol–water partition coefficient (Wildman–Crippen LogP) is 2.65. The molecule has 0 amide bonds. The molecule has 1 aliphatic carbocycles. The summed E-state index contributed by atoms with van der Waals surface area (Å²) in [5.74, 6) is -1.12. The SMILES string of the molecule is Cc1ccn(CC2(N3CCCCC3)CCCC2)c(=O)c1C(=O)O. The molecule has 126 valence electrons. The van der Waals surface area contributed by atoms with Crippen molar-refractivity contribution in [2.24, 2.45) is 0 Å². The second kappa shape index (κ2) is 6.48. The van der Waals surface area contributed by atoms with Gasteiger partial charge in [-0.15, -0.1) is 0 Å². The molecule has 0 radical (unpaired) electrons. The zero-order chi connectivity index (χ0) is 16.4. The molecular weight excluding hydrogens is 292 g/mol. The second-order valence-electron chi connectivity index (χ2n) is 7.09. The zero-order valence-corrected chi connectivity index (χ0v) is 13.9. The molecule has 5 heteroatoms. The van der Waals surface area contributed by atoms with Crippen molar-refractivity contribution in [1.82, 2.24) is 9.47 Å². The van der Waals surface area contributed by atoms with Crippen molar-refractivity contribution >= 4 is 5.97 Å². The molecule has 0 aromatic carbocycles. The number of carbonyl (C=O) groups is 1. The molecule has 0 bridgehead atoms. The van der Waals surface area contributed by atoms with Gasteiger partial charge in [0.2, 0.25) is 0 Å². The number of hydrogen-bond acceptors (Lipinski definition) is 3. The van der Waals surface area contributed by atoms with Crippen molar-refractivity contribution in [3.05, 3.63) is 33.7 Å². The standard InChI is InChI=1S/C18H26N2O3/c1-14-7-12-19(16(21)15(14)17(22)23)13-18(8-3-4-9-18)20-10-5-2-6-11-20/h7,12H,2-6,8-11,13H2,1H3,(H,22,23). The first-order valence-corrected chi connectivity index (χ1v) is 8.72. The van der Waals surface area contributed by atoms with Crippen LogP contribution in [0.25, 0.3) is 0 Å². The Morgan fingerprint density at radius 2 is 1.83 bits per heavy atom. The molecule has 1 saturated heterocycles. The average molecular weight is 318 g/mol. The van der Waals surface area contributed by atoms with Gasteiger partial charge < -0.3 is 9.67 Å². The van der Waals surface area contributed by atoms with E-state index < -0.39 is 5.97 Å². The summed E-state index contributed by atoms with van der Waals surface area (Å²) in [6, 6.07) is 1.75. The van der Waals surface area contributed by atoms with E-state index in [0.717, 1.165) is 25.9 Å². The Kier molecular flexibility index (Phi) is 4.57. The highest BCUT2D eigenvalue weighted by Gasteiger charge is 2.40. The third kappa shape index (κ3) is 3.07. The number of aromatic nitrogens is 1. The molecular formula is C18H26N2O3. The van der Waals surface area contributed by atoms with Crippen molar-refractivity contribution in [3.8, 4) is 0 Å². The first-order chi connectivity index (χ1) is 11.0. The van der Waals surface area contributed by atoms with Gasteiger partial charge >= 0.3 is 5.97 Å². The number of nitrogens with zero attached hydrogens (tertiary/aromatic N) is 2. The van der Waals surface area contributed by atoms with Crippen LogP contribution in [0.3, 0.4) is 0 Å². The molecule has 1 aliphatic heterocycles.